The van der Waals surface area contributed by atoms with Crippen LogP contribution >= 0.6 is 22.6 Å². The highest BCUT2D eigenvalue weighted by Crippen LogP contribution is 2.14. The fraction of sp³-hybridized carbons (Fsp3) is 0.250. The Labute approximate surface area is 114 Å². The van der Waals surface area contributed by atoms with Crippen LogP contribution in [0.5, 0.6) is 5.75 Å². The number of hydrogen-bond donors (Lipinski definition) is 1. The third kappa shape index (κ3) is 5.45. The van der Waals surface area contributed by atoms with Crippen LogP contribution in [0.1, 0.15) is 0 Å². The van der Waals surface area contributed by atoms with Gasteiger partial charge in [0.25, 0.3) is 0 Å². The minimum absolute atomic E-state index is 0.102. The Morgan fingerprint density at radius 2 is 2.06 bits per heavy atom. The highest BCUT2D eigenvalue weighted by atomic mass is 127. The van der Waals surface area contributed by atoms with Crippen molar-refractivity contribution in [1.82, 2.24) is 0 Å². The van der Waals surface area contributed by atoms with E-state index in [4.69, 9.17) is 9.47 Å². The third-order valence-corrected chi connectivity index (χ3v) is 2.19. The van der Waals surface area contributed by atoms with Crippen molar-refractivity contribution in [2.24, 2.45) is 0 Å². The van der Waals surface area contributed by atoms with E-state index in [1.165, 1.54) is 0 Å². The molecule has 17 heavy (non-hydrogen) atoms. The molecule has 90 valence electrons. The van der Waals surface area contributed by atoms with Gasteiger partial charge in [-0.25, -0.2) is 4.79 Å². The standard InChI is InChI=1S/C12H12INO3/c1-16-11-6-4-10(5-7-11)14-12(15)17-9-3-2-8-13/h4-7H,8-9H2,1H3,(H,14,15). The Morgan fingerprint density at radius 1 is 1.35 bits per heavy atom. The van der Waals surface area contributed by atoms with Crippen LogP contribution in [0.15, 0.2) is 24.3 Å². The summed E-state index contributed by atoms with van der Waals surface area (Å²) in [5.41, 5.74) is 0.651. The Balaban J connectivity index is 2.39. The Morgan fingerprint density at radius 3 is 2.65 bits per heavy atom. The van der Waals surface area contributed by atoms with E-state index in [9.17, 15) is 4.79 Å². The molecule has 0 fully saturated rings. The number of carbonyl (C=O) groups excluding carboxylic acids is 1. The Bertz CT molecular complexity index is 420. The number of hydrogen-bond acceptors (Lipinski definition) is 3. The van der Waals surface area contributed by atoms with Crippen molar-refractivity contribution in [3.63, 3.8) is 0 Å². The van der Waals surface area contributed by atoms with Crippen molar-refractivity contribution >= 4 is 34.4 Å². The van der Waals surface area contributed by atoms with Crippen LogP contribution in [-0.2, 0) is 4.74 Å². The van der Waals surface area contributed by atoms with Crippen LogP contribution in [0.2, 0.25) is 0 Å². The molecule has 0 radical (unpaired) electrons. The molecule has 4 nitrogen and oxygen atoms in total. The first-order valence-corrected chi connectivity index (χ1v) is 6.38. The lowest BCUT2D eigenvalue weighted by Gasteiger charge is -2.05. The highest BCUT2D eigenvalue weighted by Gasteiger charge is 2.01. The van der Waals surface area contributed by atoms with Crippen LogP contribution in [0, 0.1) is 11.8 Å². The number of benzene rings is 1. The van der Waals surface area contributed by atoms with E-state index in [0.717, 1.165) is 10.2 Å². The summed E-state index contributed by atoms with van der Waals surface area (Å²) in [6.45, 7) is 0.102. The molecule has 0 saturated carbocycles. The molecule has 0 aromatic heterocycles. The summed E-state index contributed by atoms with van der Waals surface area (Å²) in [5, 5.41) is 2.58. The number of anilines is 1. The van der Waals surface area contributed by atoms with E-state index >= 15 is 0 Å². The number of rotatable bonds is 3. The van der Waals surface area contributed by atoms with Gasteiger partial charge in [0.05, 0.1) is 11.5 Å². The van der Waals surface area contributed by atoms with Gasteiger partial charge in [-0.05, 0) is 24.3 Å². The van der Waals surface area contributed by atoms with E-state index in [1.54, 1.807) is 31.4 Å². The molecule has 0 saturated heterocycles. The van der Waals surface area contributed by atoms with Gasteiger partial charge >= 0.3 is 6.09 Å². The zero-order valence-electron chi connectivity index (χ0n) is 9.33. The second-order valence-corrected chi connectivity index (χ2v) is 3.68. The average Bonchev–Trinajstić information content (AvgIpc) is 2.36. The Hall–Kier alpha value is -1.42. The lowest BCUT2D eigenvalue weighted by Crippen LogP contribution is -2.13. The van der Waals surface area contributed by atoms with Crippen LogP contribution < -0.4 is 10.1 Å². The number of methoxy groups -OCH3 is 1. The fourth-order valence-electron chi connectivity index (χ4n) is 1.03. The van der Waals surface area contributed by atoms with E-state index in [-0.39, 0.29) is 6.61 Å². The molecule has 0 aliphatic heterocycles. The lowest BCUT2D eigenvalue weighted by molar-refractivity contribution is 0.176. The molecule has 1 N–H and O–H groups in total. The summed E-state index contributed by atoms with van der Waals surface area (Å²) in [4.78, 5) is 11.3. The summed E-state index contributed by atoms with van der Waals surface area (Å²) < 4.78 is 10.6. The second-order valence-electron chi connectivity index (χ2n) is 2.92. The number of ether oxygens (including phenoxy) is 2. The summed E-state index contributed by atoms with van der Waals surface area (Å²) in [6, 6.07) is 6.98. The van der Waals surface area contributed by atoms with Gasteiger partial charge in [-0.1, -0.05) is 34.4 Å². The molecule has 1 aromatic carbocycles. The molecule has 0 heterocycles. The molecular weight excluding hydrogens is 333 g/mol. The van der Waals surface area contributed by atoms with Crippen molar-refractivity contribution in [3.05, 3.63) is 24.3 Å². The molecule has 1 aromatic rings. The van der Waals surface area contributed by atoms with Gasteiger partial charge in [0, 0.05) is 5.69 Å². The number of halogens is 1. The van der Waals surface area contributed by atoms with E-state index in [2.05, 4.69) is 39.7 Å². The van der Waals surface area contributed by atoms with Gasteiger partial charge in [0.2, 0.25) is 0 Å². The van der Waals surface area contributed by atoms with Crippen LogP contribution in [-0.4, -0.2) is 24.2 Å². The zero-order valence-corrected chi connectivity index (χ0v) is 11.5. The maximum absolute atomic E-state index is 11.3. The first kappa shape index (κ1) is 13.6. The van der Waals surface area contributed by atoms with Crippen LogP contribution in [0.4, 0.5) is 10.5 Å². The van der Waals surface area contributed by atoms with Crippen molar-refractivity contribution in [1.29, 1.82) is 0 Å². The first-order chi connectivity index (χ1) is 8.26. The summed E-state index contributed by atoms with van der Waals surface area (Å²) in [7, 11) is 1.59. The van der Waals surface area contributed by atoms with Gasteiger partial charge in [0.15, 0.2) is 6.61 Å². The highest BCUT2D eigenvalue weighted by molar-refractivity contribution is 14.1. The normalized spacial score (nSPS) is 8.82. The third-order valence-electron chi connectivity index (χ3n) is 1.80. The zero-order chi connectivity index (χ0) is 12.5. The van der Waals surface area contributed by atoms with Crippen molar-refractivity contribution < 1.29 is 14.3 Å². The monoisotopic (exact) mass is 345 g/mol. The molecule has 0 atom stereocenters. The van der Waals surface area contributed by atoms with E-state index in [0.29, 0.717) is 5.69 Å². The predicted molar refractivity (Wildman–Crippen MR) is 74.6 cm³/mol. The predicted octanol–water partition coefficient (Wildman–Crippen LogP) is 2.68. The maximum Gasteiger partial charge on any atom is 0.412 e. The minimum Gasteiger partial charge on any atom is -0.497 e. The van der Waals surface area contributed by atoms with Gasteiger partial charge in [-0.15, -0.1) is 0 Å². The minimum atomic E-state index is -0.516. The molecule has 1 amide bonds. The second kappa shape index (κ2) is 7.79. The van der Waals surface area contributed by atoms with Gasteiger partial charge in [-0.3, -0.25) is 5.32 Å². The topological polar surface area (TPSA) is 47.6 Å². The number of alkyl halides is 1. The molecular formula is C12H12INO3. The summed E-state index contributed by atoms with van der Waals surface area (Å²) in [6.07, 6.45) is -0.516. The molecule has 1 rings (SSSR count). The number of carbonyl (C=O) groups is 1. The maximum atomic E-state index is 11.3. The lowest BCUT2D eigenvalue weighted by atomic mass is 10.3. The number of nitrogens with one attached hydrogen (secondary N) is 1. The summed E-state index contributed by atoms with van der Waals surface area (Å²) >= 11 is 2.13. The van der Waals surface area contributed by atoms with E-state index in [1.807, 2.05) is 0 Å². The molecule has 0 unspecified atom stereocenters. The molecule has 0 aliphatic rings. The summed E-state index contributed by atoms with van der Waals surface area (Å²) in [5.74, 6) is 6.24. The van der Waals surface area contributed by atoms with Gasteiger partial charge < -0.3 is 9.47 Å². The van der Waals surface area contributed by atoms with Gasteiger partial charge in [-0.2, -0.15) is 0 Å². The van der Waals surface area contributed by atoms with E-state index < -0.39 is 6.09 Å². The Kier molecular flexibility index (Phi) is 6.25. The quantitative estimate of drug-likeness (QED) is 0.521. The molecule has 0 bridgehead atoms. The molecule has 0 aliphatic carbocycles. The van der Waals surface area contributed by atoms with Crippen molar-refractivity contribution in [3.8, 4) is 17.6 Å². The first-order valence-electron chi connectivity index (χ1n) is 4.86. The van der Waals surface area contributed by atoms with Gasteiger partial charge in [0.1, 0.15) is 5.75 Å². The van der Waals surface area contributed by atoms with Crippen molar-refractivity contribution in [2.45, 2.75) is 0 Å². The fourth-order valence-corrected chi connectivity index (χ4v) is 1.30. The average molecular weight is 345 g/mol. The number of amides is 1. The molecule has 0 spiro atoms. The molecule has 5 heteroatoms. The largest absolute Gasteiger partial charge is 0.497 e. The van der Waals surface area contributed by atoms with Crippen LogP contribution in [0.25, 0.3) is 0 Å². The smallest absolute Gasteiger partial charge is 0.412 e. The SMILES string of the molecule is COc1ccc(NC(=O)OCC#CCI)cc1. The van der Waals surface area contributed by atoms with Crippen molar-refractivity contribution in [2.75, 3.05) is 23.5 Å². The van der Waals surface area contributed by atoms with Crippen LogP contribution in [0.3, 0.4) is 0 Å².